The highest BCUT2D eigenvalue weighted by Crippen LogP contribution is 2.29. The minimum absolute atomic E-state index is 0.0130. The highest BCUT2D eigenvalue weighted by atomic mass is 35.5. The zero-order chi connectivity index (χ0) is 23.3. The van der Waals surface area contributed by atoms with E-state index in [0.29, 0.717) is 17.9 Å². The molecule has 0 radical (unpaired) electrons. The molecule has 8 nitrogen and oxygen atoms in total. The van der Waals surface area contributed by atoms with Crippen molar-refractivity contribution in [3.8, 4) is 11.4 Å². The van der Waals surface area contributed by atoms with Gasteiger partial charge in [0.15, 0.2) is 23.9 Å². The molecular formula is C20H19ClF3N5O3. The smallest absolute Gasteiger partial charge is 0.435 e. The lowest BCUT2D eigenvalue weighted by atomic mass is 10.2. The fourth-order valence-corrected chi connectivity index (χ4v) is 2.87. The molecule has 0 saturated heterocycles. The number of aryl methyl sites for hydroxylation is 1. The number of rotatable bonds is 8. The van der Waals surface area contributed by atoms with Gasteiger partial charge >= 0.3 is 12.1 Å². The first-order chi connectivity index (χ1) is 15.2. The predicted molar refractivity (Wildman–Crippen MR) is 110 cm³/mol. The number of esters is 1. The molecule has 2 aromatic heterocycles. The molecule has 12 heteroatoms. The average Bonchev–Trinajstić information content (AvgIpc) is 3.14. The van der Waals surface area contributed by atoms with Crippen molar-refractivity contribution in [1.29, 1.82) is 0 Å². The first-order valence-electron chi connectivity index (χ1n) is 9.45. The Balaban J connectivity index is 1.69. The summed E-state index contributed by atoms with van der Waals surface area (Å²) in [6.45, 7) is 3.45. The summed E-state index contributed by atoms with van der Waals surface area (Å²) in [7, 11) is 0. The molecule has 0 spiro atoms. The Bertz CT molecular complexity index is 1090. The SMILES string of the molecule is CCOC(=O)COc1cnc(Cl)nc1NCc1ccc(-n2nc(C(F)(F)F)cc2C)cc1. The largest absolute Gasteiger partial charge is 0.476 e. The van der Waals surface area contributed by atoms with Crippen LogP contribution in [0.25, 0.3) is 5.69 Å². The van der Waals surface area contributed by atoms with Crippen LogP contribution >= 0.6 is 11.6 Å². The first-order valence-corrected chi connectivity index (χ1v) is 9.83. The fourth-order valence-electron chi connectivity index (χ4n) is 2.74. The Morgan fingerprint density at radius 1 is 1.25 bits per heavy atom. The van der Waals surface area contributed by atoms with Gasteiger partial charge in [-0.25, -0.2) is 14.5 Å². The van der Waals surface area contributed by atoms with E-state index < -0.39 is 17.8 Å². The zero-order valence-corrected chi connectivity index (χ0v) is 17.9. The molecular weight excluding hydrogens is 451 g/mol. The number of benzene rings is 1. The van der Waals surface area contributed by atoms with Crippen LogP contribution in [0.3, 0.4) is 0 Å². The van der Waals surface area contributed by atoms with Crippen LogP contribution in [0.5, 0.6) is 5.75 Å². The van der Waals surface area contributed by atoms with Crippen molar-refractivity contribution in [2.75, 3.05) is 18.5 Å². The standard InChI is InChI=1S/C20H19ClF3N5O3/c1-3-31-17(30)11-32-15-10-26-19(21)27-18(15)25-9-13-4-6-14(7-5-13)29-12(2)8-16(28-29)20(22,23)24/h4-8,10H,3,9,11H2,1-2H3,(H,25,26,27). The second kappa shape index (κ2) is 9.86. The van der Waals surface area contributed by atoms with Crippen molar-refractivity contribution >= 4 is 23.4 Å². The van der Waals surface area contributed by atoms with Crippen LogP contribution in [0.4, 0.5) is 19.0 Å². The van der Waals surface area contributed by atoms with Gasteiger partial charge in [-0.3, -0.25) is 0 Å². The van der Waals surface area contributed by atoms with Gasteiger partial charge in [-0.05, 0) is 49.2 Å². The Labute approximate surface area is 186 Å². The Kier molecular flexibility index (Phi) is 7.18. The number of aromatic nitrogens is 4. The Morgan fingerprint density at radius 2 is 1.97 bits per heavy atom. The number of nitrogens with zero attached hydrogens (tertiary/aromatic N) is 4. The maximum atomic E-state index is 12.9. The summed E-state index contributed by atoms with van der Waals surface area (Å²) in [4.78, 5) is 19.4. The number of nitrogens with one attached hydrogen (secondary N) is 1. The van der Waals surface area contributed by atoms with E-state index in [4.69, 9.17) is 21.1 Å². The summed E-state index contributed by atoms with van der Waals surface area (Å²) in [5.41, 5.74) is 0.713. The Hall–Kier alpha value is -3.34. The summed E-state index contributed by atoms with van der Waals surface area (Å²) in [6, 6.07) is 7.77. The lowest BCUT2D eigenvalue weighted by molar-refractivity contribution is -0.145. The maximum Gasteiger partial charge on any atom is 0.435 e. The minimum Gasteiger partial charge on any atom is -0.476 e. The van der Waals surface area contributed by atoms with Crippen molar-refractivity contribution in [1.82, 2.24) is 19.7 Å². The summed E-state index contributed by atoms with van der Waals surface area (Å²) in [5, 5.41) is 6.66. The topological polar surface area (TPSA) is 91.2 Å². The number of halogens is 4. The van der Waals surface area contributed by atoms with Crippen LogP contribution < -0.4 is 10.1 Å². The number of hydrogen-bond acceptors (Lipinski definition) is 7. The molecule has 0 atom stereocenters. The molecule has 3 aromatic rings. The van der Waals surface area contributed by atoms with Gasteiger partial charge in [0.1, 0.15) is 0 Å². The third-order valence-electron chi connectivity index (χ3n) is 4.20. The van der Waals surface area contributed by atoms with Crippen LogP contribution in [0.2, 0.25) is 5.28 Å². The molecule has 0 aliphatic rings. The summed E-state index contributed by atoms with van der Waals surface area (Å²) >= 11 is 5.85. The van der Waals surface area contributed by atoms with E-state index in [-0.39, 0.29) is 30.1 Å². The molecule has 0 aliphatic heterocycles. The first kappa shape index (κ1) is 23.3. The van der Waals surface area contributed by atoms with Crippen LogP contribution in [0, 0.1) is 6.92 Å². The van der Waals surface area contributed by atoms with Gasteiger partial charge in [0.05, 0.1) is 18.5 Å². The van der Waals surface area contributed by atoms with Gasteiger partial charge in [-0.2, -0.15) is 23.3 Å². The van der Waals surface area contributed by atoms with Crippen molar-refractivity contribution < 1.29 is 27.4 Å². The molecule has 0 aliphatic carbocycles. The van der Waals surface area contributed by atoms with E-state index in [0.717, 1.165) is 11.6 Å². The van der Waals surface area contributed by atoms with E-state index in [9.17, 15) is 18.0 Å². The van der Waals surface area contributed by atoms with Crippen LogP contribution in [0.1, 0.15) is 23.9 Å². The van der Waals surface area contributed by atoms with Crippen molar-refractivity contribution in [2.24, 2.45) is 0 Å². The van der Waals surface area contributed by atoms with Gasteiger partial charge in [0.2, 0.25) is 5.28 Å². The van der Waals surface area contributed by atoms with Crippen LogP contribution in [-0.4, -0.2) is 38.9 Å². The predicted octanol–water partition coefficient (Wildman–Crippen LogP) is 4.20. The van der Waals surface area contributed by atoms with Crippen molar-refractivity contribution in [3.63, 3.8) is 0 Å². The van der Waals surface area contributed by atoms with E-state index in [2.05, 4.69) is 20.4 Å². The molecule has 170 valence electrons. The van der Waals surface area contributed by atoms with E-state index >= 15 is 0 Å². The second-order valence-corrected chi connectivity index (χ2v) is 6.88. The highest BCUT2D eigenvalue weighted by molar-refractivity contribution is 6.28. The lowest BCUT2D eigenvalue weighted by Gasteiger charge is -2.12. The molecule has 0 unspecified atom stereocenters. The van der Waals surface area contributed by atoms with E-state index in [1.807, 2.05) is 0 Å². The molecule has 0 bridgehead atoms. The number of hydrogen-bond donors (Lipinski definition) is 1. The van der Waals surface area contributed by atoms with Crippen molar-refractivity contribution in [2.45, 2.75) is 26.6 Å². The maximum absolute atomic E-state index is 12.9. The molecule has 32 heavy (non-hydrogen) atoms. The van der Waals surface area contributed by atoms with Gasteiger partial charge in [0, 0.05) is 12.2 Å². The van der Waals surface area contributed by atoms with Gasteiger partial charge in [-0.15, -0.1) is 0 Å². The lowest BCUT2D eigenvalue weighted by Crippen LogP contribution is -2.16. The van der Waals surface area contributed by atoms with Crippen LogP contribution in [-0.2, 0) is 22.3 Å². The third-order valence-corrected chi connectivity index (χ3v) is 4.38. The van der Waals surface area contributed by atoms with Gasteiger partial charge in [0.25, 0.3) is 0 Å². The molecule has 0 amide bonds. The van der Waals surface area contributed by atoms with E-state index in [1.54, 1.807) is 38.1 Å². The quantitative estimate of drug-likeness (QED) is 0.390. The number of carbonyl (C=O) groups is 1. The molecule has 3 rings (SSSR count). The summed E-state index contributed by atoms with van der Waals surface area (Å²) in [5.74, 6) is -0.0476. The third kappa shape index (κ3) is 5.88. The highest BCUT2D eigenvalue weighted by Gasteiger charge is 2.34. The number of carbonyl (C=O) groups excluding carboxylic acids is 1. The van der Waals surface area contributed by atoms with Crippen LogP contribution in [0.15, 0.2) is 36.5 Å². The zero-order valence-electron chi connectivity index (χ0n) is 17.1. The van der Waals surface area contributed by atoms with Crippen molar-refractivity contribution in [3.05, 3.63) is 58.8 Å². The normalized spacial score (nSPS) is 11.3. The molecule has 0 fully saturated rings. The molecule has 1 aromatic carbocycles. The fraction of sp³-hybridized carbons (Fsp3) is 0.300. The molecule has 2 heterocycles. The molecule has 1 N–H and O–H groups in total. The number of anilines is 1. The Morgan fingerprint density at radius 3 is 2.59 bits per heavy atom. The number of alkyl halides is 3. The second-order valence-electron chi connectivity index (χ2n) is 6.55. The monoisotopic (exact) mass is 469 g/mol. The van der Waals surface area contributed by atoms with E-state index in [1.165, 1.54) is 10.9 Å². The summed E-state index contributed by atoms with van der Waals surface area (Å²) < 4.78 is 50.1. The summed E-state index contributed by atoms with van der Waals surface area (Å²) in [6.07, 6.45) is -3.18. The molecule has 0 saturated carbocycles. The van der Waals surface area contributed by atoms with Gasteiger partial charge < -0.3 is 14.8 Å². The van der Waals surface area contributed by atoms with Gasteiger partial charge in [-0.1, -0.05) is 12.1 Å². The number of ether oxygens (including phenoxy) is 2. The minimum atomic E-state index is -4.51. The average molecular weight is 470 g/mol.